The summed E-state index contributed by atoms with van der Waals surface area (Å²) in [5, 5.41) is 18.2. The summed E-state index contributed by atoms with van der Waals surface area (Å²) in [6.45, 7) is 0. The molecule has 1 aromatic rings. The summed E-state index contributed by atoms with van der Waals surface area (Å²) in [5.41, 5.74) is 0.237. The third-order valence-electron chi connectivity index (χ3n) is 2.01. The predicted molar refractivity (Wildman–Crippen MR) is 47.5 cm³/mol. The number of hydrogen-bond acceptors (Lipinski definition) is 4. The fourth-order valence-corrected chi connectivity index (χ4v) is 1.34. The number of aliphatic hydroxyl groups is 1. The Morgan fingerprint density at radius 1 is 1.00 bits per heavy atom. The molecule has 0 saturated heterocycles. The maximum absolute atomic E-state index is 11.3. The van der Waals surface area contributed by atoms with E-state index in [1.165, 1.54) is 18.2 Å². The second-order valence-corrected chi connectivity index (χ2v) is 2.95. The number of rotatable bonds is 0. The van der Waals surface area contributed by atoms with Crippen LogP contribution in [0.4, 0.5) is 0 Å². The highest BCUT2D eigenvalue weighted by Gasteiger charge is 2.25. The predicted octanol–water partition coefficient (Wildman–Crippen LogP) is 1.21. The zero-order chi connectivity index (χ0) is 10.3. The van der Waals surface area contributed by atoms with Gasteiger partial charge in [-0.1, -0.05) is 0 Å². The number of benzene rings is 1. The van der Waals surface area contributed by atoms with E-state index in [2.05, 4.69) is 0 Å². The van der Waals surface area contributed by atoms with Gasteiger partial charge >= 0.3 is 0 Å². The molecule has 0 spiro atoms. The van der Waals surface area contributed by atoms with Crippen molar-refractivity contribution < 1.29 is 19.8 Å². The van der Waals surface area contributed by atoms with Gasteiger partial charge in [0.05, 0.1) is 0 Å². The highest BCUT2D eigenvalue weighted by atomic mass is 16.3. The molecule has 0 saturated carbocycles. The maximum atomic E-state index is 11.3. The highest BCUT2D eigenvalue weighted by molar-refractivity contribution is 6.23. The first-order valence-corrected chi connectivity index (χ1v) is 3.92. The number of hydrogen-bond donors (Lipinski definition) is 2. The fraction of sp³-hybridized carbons (Fsp3) is 0. The number of fused-ring (bicyclic) bond motifs is 1. The normalized spacial score (nSPS) is 15.0. The largest absolute Gasteiger partial charge is 0.508 e. The van der Waals surface area contributed by atoms with Crippen molar-refractivity contribution in [2.24, 2.45) is 0 Å². The van der Waals surface area contributed by atoms with Gasteiger partial charge < -0.3 is 10.2 Å². The summed E-state index contributed by atoms with van der Waals surface area (Å²) in [4.78, 5) is 22.6. The molecule has 0 atom stereocenters. The zero-order valence-corrected chi connectivity index (χ0v) is 7.02. The van der Waals surface area contributed by atoms with Gasteiger partial charge in [0.15, 0.2) is 11.5 Å². The van der Waals surface area contributed by atoms with Crippen LogP contribution in [-0.2, 0) is 0 Å². The zero-order valence-electron chi connectivity index (χ0n) is 7.02. The van der Waals surface area contributed by atoms with Crippen molar-refractivity contribution >= 4 is 11.6 Å². The van der Waals surface area contributed by atoms with Crippen LogP contribution in [0, 0.1) is 0 Å². The van der Waals surface area contributed by atoms with Crippen molar-refractivity contribution in [3.8, 4) is 5.75 Å². The van der Waals surface area contributed by atoms with Crippen molar-refractivity contribution in [2.45, 2.75) is 0 Å². The van der Waals surface area contributed by atoms with Crippen molar-refractivity contribution in [3.63, 3.8) is 0 Å². The summed E-state index contributed by atoms with van der Waals surface area (Å²) in [6.07, 6.45) is 0.851. The van der Waals surface area contributed by atoms with E-state index in [9.17, 15) is 9.59 Å². The minimum absolute atomic E-state index is 0.0836. The lowest BCUT2D eigenvalue weighted by molar-refractivity contribution is 0.0939. The van der Waals surface area contributed by atoms with Gasteiger partial charge in [0.2, 0.25) is 5.78 Å². The quantitative estimate of drug-likeness (QED) is 0.644. The lowest BCUT2D eigenvalue weighted by atomic mass is 9.93. The van der Waals surface area contributed by atoms with E-state index in [0.717, 1.165) is 6.08 Å². The Morgan fingerprint density at radius 3 is 2.43 bits per heavy atom. The van der Waals surface area contributed by atoms with Gasteiger partial charge in [0, 0.05) is 17.2 Å². The number of aliphatic hydroxyl groups excluding tert-OH is 1. The van der Waals surface area contributed by atoms with Crippen LogP contribution >= 0.6 is 0 Å². The molecule has 1 aromatic carbocycles. The van der Waals surface area contributed by atoms with Crippen molar-refractivity contribution in [3.05, 3.63) is 41.2 Å². The molecule has 4 heteroatoms. The summed E-state index contributed by atoms with van der Waals surface area (Å²) in [7, 11) is 0. The molecule has 0 aliphatic heterocycles. The third kappa shape index (κ3) is 1.08. The molecule has 0 radical (unpaired) electrons. The number of phenolic OH excluding ortho intramolecular Hbond substituents is 1. The molecule has 4 nitrogen and oxygen atoms in total. The summed E-state index contributed by atoms with van der Waals surface area (Å²) in [6, 6.07) is 3.81. The van der Waals surface area contributed by atoms with Gasteiger partial charge in [-0.05, 0) is 18.2 Å². The number of phenols is 1. The Labute approximate surface area is 79.1 Å². The van der Waals surface area contributed by atoms with Crippen LogP contribution in [0.1, 0.15) is 20.7 Å². The van der Waals surface area contributed by atoms with Crippen LogP contribution in [0.15, 0.2) is 30.0 Å². The molecule has 0 amide bonds. The molecular weight excluding hydrogens is 184 g/mol. The molecule has 1 aliphatic carbocycles. The van der Waals surface area contributed by atoms with E-state index < -0.39 is 17.3 Å². The van der Waals surface area contributed by atoms with Crippen LogP contribution in [0.2, 0.25) is 0 Å². The van der Waals surface area contributed by atoms with Crippen LogP contribution in [0.5, 0.6) is 5.75 Å². The van der Waals surface area contributed by atoms with E-state index in [-0.39, 0.29) is 16.9 Å². The van der Waals surface area contributed by atoms with Crippen molar-refractivity contribution in [1.29, 1.82) is 0 Å². The molecule has 0 unspecified atom stereocenters. The second-order valence-electron chi connectivity index (χ2n) is 2.95. The molecule has 70 valence electrons. The Balaban J connectivity index is 2.69. The summed E-state index contributed by atoms with van der Waals surface area (Å²) >= 11 is 0. The Kier molecular flexibility index (Phi) is 1.64. The van der Waals surface area contributed by atoms with Gasteiger partial charge in [-0.2, -0.15) is 0 Å². The molecule has 2 rings (SSSR count). The van der Waals surface area contributed by atoms with E-state index in [4.69, 9.17) is 10.2 Å². The molecular formula is C10H6O4. The molecule has 0 aromatic heterocycles. The second kappa shape index (κ2) is 2.70. The number of aromatic hydroxyl groups is 1. The van der Waals surface area contributed by atoms with Gasteiger partial charge in [-0.25, -0.2) is 0 Å². The first-order chi connectivity index (χ1) is 6.59. The van der Waals surface area contributed by atoms with Crippen LogP contribution in [0.3, 0.4) is 0 Å². The molecule has 2 N–H and O–H groups in total. The Morgan fingerprint density at radius 2 is 1.71 bits per heavy atom. The highest BCUT2D eigenvalue weighted by Crippen LogP contribution is 2.23. The van der Waals surface area contributed by atoms with Gasteiger partial charge in [-0.3, -0.25) is 9.59 Å². The number of ketones is 2. The van der Waals surface area contributed by atoms with Crippen LogP contribution in [-0.4, -0.2) is 21.8 Å². The maximum Gasteiger partial charge on any atom is 0.228 e. The molecule has 14 heavy (non-hydrogen) atoms. The average Bonchev–Trinajstić information content (AvgIpc) is 2.14. The smallest absolute Gasteiger partial charge is 0.228 e. The van der Waals surface area contributed by atoms with E-state index in [0.29, 0.717) is 0 Å². The topological polar surface area (TPSA) is 74.6 Å². The van der Waals surface area contributed by atoms with Crippen LogP contribution in [0.25, 0.3) is 0 Å². The monoisotopic (exact) mass is 190 g/mol. The summed E-state index contributed by atoms with van der Waals surface area (Å²) < 4.78 is 0. The number of carbonyl (C=O) groups is 2. The Bertz CT molecular complexity index is 471. The minimum atomic E-state index is -0.598. The van der Waals surface area contributed by atoms with E-state index >= 15 is 0 Å². The molecule has 0 heterocycles. The lowest BCUT2D eigenvalue weighted by Gasteiger charge is -2.10. The SMILES string of the molecule is O=C1C=C(O)C(=O)c2ccc(O)cc21. The van der Waals surface area contributed by atoms with Crippen LogP contribution < -0.4 is 0 Å². The molecule has 0 bridgehead atoms. The van der Waals surface area contributed by atoms with E-state index in [1.807, 2.05) is 0 Å². The number of allylic oxidation sites excluding steroid dienone is 2. The lowest BCUT2D eigenvalue weighted by Crippen LogP contribution is -2.16. The van der Waals surface area contributed by atoms with Gasteiger partial charge in [0.1, 0.15) is 5.75 Å². The number of carbonyl (C=O) groups excluding carboxylic acids is 2. The van der Waals surface area contributed by atoms with E-state index in [1.54, 1.807) is 0 Å². The third-order valence-corrected chi connectivity index (χ3v) is 2.01. The first kappa shape index (κ1) is 8.50. The fourth-order valence-electron chi connectivity index (χ4n) is 1.34. The van der Waals surface area contributed by atoms with Gasteiger partial charge in [-0.15, -0.1) is 0 Å². The first-order valence-electron chi connectivity index (χ1n) is 3.92. The van der Waals surface area contributed by atoms with Crippen molar-refractivity contribution in [2.75, 3.05) is 0 Å². The standard InChI is InChI=1S/C10H6O4/c11-5-1-2-6-7(3-5)8(12)4-9(13)10(6)14/h1-4,11,13H. The molecule has 1 aliphatic rings. The number of Topliss-reactive ketones (excluding diaryl/α,β-unsaturated/α-hetero) is 1. The Hall–Kier alpha value is -2.10. The van der Waals surface area contributed by atoms with Gasteiger partial charge in [0.25, 0.3) is 0 Å². The average molecular weight is 190 g/mol. The molecule has 0 fully saturated rings. The summed E-state index contributed by atoms with van der Waals surface area (Å²) in [5.74, 6) is -1.72. The van der Waals surface area contributed by atoms with Crippen molar-refractivity contribution in [1.82, 2.24) is 0 Å². The minimum Gasteiger partial charge on any atom is -0.508 e.